The van der Waals surface area contributed by atoms with Crippen LogP contribution < -0.4 is 15.0 Å². The van der Waals surface area contributed by atoms with Gasteiger partial charge in [0.15, 0.2) is 6.61 Å². The van der Waals surface area contributed by atoms with Gasteiger partial charge in [0, 0.05) is 6.04 Å². The highest BCUT2D eigenvalue weighted by molar-refractivity contribution is 6.02. The summed E-state index contributed by atoms with van der Waals surface area (Å²) in [6, 6.07) is 6.04. The molecular formula is C24H39N3O3. The Balaban J connectivity index is 2.01. The fraction of sp³-hybridized carbons (Fsp3) is 0.667. The van der Waals surface area contributed by atoms with E-state index in [1.807, 2.05) is 25.1 Å². The van der Waals surface area contributed by atoms with E-state index in [0.717, 1.165) is 44.5 Å². The van der Waals surface area contributed by atoms with Crippen LogP contribution >= 0.6 is 0 Å². The van der Waals surface area contributed by atoms with E-state index in [2.05, 4.69) is 44.8 Å². The van der Waals surface area contributed by atoms with Gasteiger partial charge in [-0.15, -0.1) is 0 Å². The van der Waals surface area contributed by atoms with Gasteiger partial charge in [-0.25, -0.2) is 0 Å². The lowest BCUT2D eigenvalue weighted by molar-refractivity contribution is -0.125. The fourth-order valence-electron chi connectivity index (χ4n) is 3.70. The number of ether oxygens (including phenoxy) is 1. The Labute approximate surface area is 182 Å². The van der Waals surface area contributed by atoms with E-state index in [1.165, 1.54) is 0 Å². The SMILES string of the molecule is CCN(CC)CCCC(C)NC(=O)CN1C(=O)COc2ccc(C(C)(C)CC)cc21. The standard InChI is InChI=1S/C24H39N3O3/c1-7-24(5,6)19-12-13-21-20(15-19)27(23(29)17-30-21)16-22(28)25-18(4)11-10-14-26(8-2)9-3/h12-13,15,18H,7-11,14,16-17H2,1-6H3,(H,25,28). The van der Waals surface area contributed by atoms with Crippen LogP contribution in [0.15, 0.2) is 18.2 Å². The number of amides is 2. The molecule has 1 heterocycles. The molecule has 30 heavy (non-hydrogen) atoms. The smallest absolute Gasteiger partial charge is 0.265 e. The molecule has 168 valence electrons. The van der Waals surface area contributed by atoms with Crippen molar-refractivity contribution in [3.8, 4) is 5.75 Å². The molecule has 1 aromatic carbocycles. The van der Waals surface area contributed by atoms with Gasteiger partial charge in [-0.3, -0.25) is 14.5 Å². The van der Waals surface area contributed by atoms with Crippen molar-refractivity contribution in [2.24, 2.45) is 0 Å². The second kappa shape index (κ2) is 10.8. The molecule has 0 saturated carbocycles. The third-order valence-electron chi connectivity index (χ3n) is 6.28. The molecule has 0 saturated heterocycles. The molecule has 0 aromatic heterocycles. The molecule has 1 N–H and O–H groups in total. The van der Waals surface area contributed by atoms with Crippen LogP contribution in [0.25, 0.3) is 0 Å². The van der Waals surface area contributed by atoms with Crippen molar-refractivity contribution < 1.29 is 14.3 Å². The summed E-state index contributed by atoms with van der Waals surface area (Å²) < 4.78 is 5.60. The quantitative estimate of drug-likeness (QED) is 0.596. The van der Waals surface area contributed by atoms with E-state index in [0.29, 0.717) is 11.4 Å². The Morgan fingerprint density at radius 3 is 2.60 bits per heavy atom. The number of carbonyl (C=O) groups is 2. The van der Waals surface area contributed by atoms with Gasteiger partial charge in [0.1, 0.15) is 12.3 Å². The van der Waals surface area contributed by atoms with Gasteiger partial charge in [0.25, 0.3) is 5.91 Å². The minimum absolute atomic E-state index is 0.0111. The molecule has 6 heteroatoms. The van der Waals surface area contributed by atoms with Crippen LogP contribution in [0, 0.1) is 0 Å². The fourth-order valence-corrected chi connectivity index (χ4v) is 3.70. The third-order valence-corrected chi connectivity index (χ3v) is 6.28. The van der Waals surface area contributed by atoms with Crippen molar-refractivity contribution in [2.75, 3.05) is 37.7 Å². The Hall–Kier alpha value is -2.08. The van der Waals surface area contributed by atoms with Crippen molar-refractivity contribution in [1.29, 1.82) is 0 Å². The number of nitrogens with zero attached hydrogens (tertiary/aromatic N) is 2. The number of hydrogen-bond acceptors (Lipinski definition) is 4. The first-order valence-corrected chi connectivity index (χ1v) is 11.3. The van der Waals surface area contributed by atoms with E-state index < -0.39 is 0 Å². The normalized spacial score (nSPS) is 15.0. The number of nitrogens with one attached hydrogen (secondary N) is 1. The average Bonchev–Trinajstić information content (AvgIpc) is 2.72. The lowest BCUT2D eigenvalue weighted by atomic mass is 9.82. The molecule has 0 radical (unpaired) electrons. The zero-order valence-corrected chi connectivity index (χ0v) is 19.6. The number of anilines is 1. The van der Waals surface area contributed by atoms with E-state index in [-0.39, 0.29) is 36.4 Å². The molecule has 0 spiro atoms. The molecule has 6 nitrogen and oxygen atoms in total. The van der Waals surface area contributed by atoms with Crippen molar-refractivity contribution in [2.45, 2.75) is 72.3 Å². The number of carbonyl (C=O) groups excluding carboxylic acids is 2. The van der Waals surface area contributed by atoms with Crippen LogP contribution in [0.2, 0.25) is 0 Å². The minimum atomic E-state index is -0.182. The van der Waals surface area contributed by atoms with E-state index in [4.69, 9.17) is 4.74 Å². The summed E-state index contributed by atoms with van der Waals surface area (Å²) in [6.07, 6.45) is 2.94. The van der Waals surface area contributed by atoms with Gasteiger partial charge in [-0.2, -0.15) is 0 Å². The minimum Gasteiger partial charge on any atom is -0.482 e. The van der Waals surface area contributed by atoms with Gasteiger partial charge >= 0.3 is 0 Å². The van der Waals surface area contributed by atoms with E-state index >= 15 is 0 Å². The maximum atomic E-state index is 12.7. The number of hydrogen-bond donors (Lipinski definition) is 1. The molecule has 1 aliphatic rings. The highest BCUT2D eigenvalue weighted by Crippen LogP contribution is 2.37. The Morgan fingerprint density at radius 1 is 1.27 bits per heavy atom. The zero-order valence-electron chi connectivity index (χ0n) is 19.6. The highest BCUT2D eigenvalue weighted by atomic mass is 16.5. The maximum Gasteiger partial charge on any atom is 0.265 e. The third kappa shape index (κ3) is 6.21. The lowest BCUT2D eigenvalue weighted by Gasteiger charge is -2.32. The maximum absolute atomic E-state index is 12.7. The summed E-state index contributed by atoms with van der Waals surface area (Å²) in [4.78, 5) is 29.1. The first-order valence-electron chi connectivity index (χ1n) is 11.3. The van der Waals surface area contributed by atoms with Crippen LogP contribution in [-0.2, 0) is 15.0 Å². The van der Waals surface area contributed by atoms with E-state index in [9.17, 15) is 9.59 Å². The molecule has 1 unspecified atom stereocenters. The van der Waals surface area contributed by atoms with Crippen molar-refractivity contribution in [3.05, 3.63) is 23.8 Å². The summed E-state index contributed by atoms with van der Waals surface area (Å²) in [7, 11) is 0. The van der Waals surface area contributed by atoms with Crippen molar-refractivity contribution in [3.63, 3.8) is 0 Å². The molecule has 1 atom stereocenters. The highest BCUT2D eigenvalue weighted by Gasteiger charge is 2.29. The van der Waals surface area contributed by atoms with Gasteiger partial charge in [0.05, 0.1) is 5.69 Å². The molecular weight excluding hydrogens is 378 g/mol. The Morgan fingerprint density at radius 2 is 1.97 bits per heavy atom. The molecule has 1 aromatic rings. The molecule has 0 fully saturated rings. The van der Waals surface area contributed by atoms with Crippen molar-refractivity contribution >= 4 is 17.5 Å². The average molecular weight is 418 g/mol. The van der Waals surface area contributed by atoms with Gasteiger partial charge in [-0.05, 0) is 68.9 Å². The molecule has 0 bridgehead atoms. The monoisotopic (exact) mass is 417 g/mol. The summed E-state index contributed by atoms with van der Waals surface area (Å²) in [6.45, 7) is 16.0. The lowest BCUT2D eigenvalue weighted by Crippen LogP contribution is -2.47. The zero-order chi connectivity index (χ0) is 22.3. The van der Waals surface area contributed by atoms with Crippen LogP contribution in [0.1, 0.15) is 66.4 Å². The summed E-state index contributed by atoms with van der Waals surface area (Å²) in [5.41, 5.74) is 1.81. The first-order chi connectivity index (χ1) is 14.2. The summed E-state index contributed by atoms with van der Waals surface area (Å²) in [5, 5.41) is 3.05. The molecule has 2 rings (SSSR count). The molecule has 2 amide bonds. The molecule has 0 aliphatic carbocycles. The van der Waals surface area contributed by atoms with E-state index in [1.54, 1.807) is 4.90 Å². The number of fused-ring (bicyclic) bond motifs is 1. The van der Waals surface area contributed by atoms with Crippen LogP contribution in [0.3, 0.4) is 0 Å². The predicted molar refractivity (Wildman–Crippen MR) is 122 cm³/mol. The summed E-state index contributed by atoms with van der Waals surface area (Å²) in [5.74, 6) is 0.343. The second-order valence-electron chi connectivity index (χ2n) is 8.83. The number of rotatable bonds is 11. The Kier molecular flexibility index (Phi) is 8.71. The molecule has 1 aliphatic heterocycles. The summed E-state index contributed by atoms with van der Waals surface area (Å²) >= 11 is 0. The Bertz CT molecular complexity index is 728. The van der Waals surface area contributed by atoms with Crippen molar-refractivity contribution in [1.82, 2.24) is 10.2 Å². The van der Waals surface area contributed by atoms with Crippen LogP contribution in [0.4, 0.5) is 5.69 Å². The predicted octanol–water partition coefficient (Wildman–Crippen LogP) is 3.73. The van der Waals surface area contributed by atoms with Crippen LogP contribution in [-0.4, -0.2) is 55.5 Å². The van der Waals surface area contributed by atoms with Gasteiger partial charge in [0.2, 0.25) is 5.91 Å². The topological polar surface area (TPSA) is 61.9 Å². The largest absolute Gasteiger partial charge is 0.482 e. The van der Waals surface area contributed by atoms with Gasteiger partial charge < -0.3 is 15.0 Å². The van der Waals surface area contributed by atoms with Crippen LogP contribution in [0.5, 0.6) is 5.75 Å². The van der Waals surface area contributed by atoms with Gasteiger partial charge in [-0.1, -0.05) is 40.7 Å². The second-order valence-corrected chi connectivity index (χ2v) is 8.83. The number of benzene rings is 1. The first kappa shape index (κ1) is 24.2.